The molecule has 0 saturated carbocycles. The normalized spacial score (nSPS) is 20.9. The monoisotopic (exact) mass is 346 g/mol. The SMILES string of the molecule is CO[C@H]1C[C@@H](C(N)=O)N(C(=O)Cc2ccc(OC(F)(F)F)cc2)C1. The highest BCUT2D eigenvalue weighted by atomic mass is 19.4. The molecule has 1 aromatic carbocycles. The van der Waals surface area contributed by atoms with Gasteiger partial charge in [-0.25, -0.2) is 0 Å². The Bertz CT molecular complexity index is 604. The van der Waals surface area contributed by atoms with Crippen molar-refractivity contribution in [3.05, 3.63) is 29.8 Å². The molecule has 1 aromatic rings. The van der Waals surface area contributed by atoms with Crippen LogP contribution >= 0.6 is 0 Å². The number of hydrogen-bond donors (Lipinski definition) is 1. The summed E-state index contributed by atoms with van der Waals surface area (Å²) < 4.78 is 45.2. The molecule has 0 radical (unpaired) electrons. The van der Waals surface area contributed by atoms with Gasteiger partial charge in [0.25, 0.3) is 0 Å². The highest BCUT2D eigenvalue weighted by molar-refractivity contribution is 5.88. The van der Waals surface area contributed by atoms with Crippen LogP contribution in [-0.2, 0) is 20.7 Å². The first-order valence-electron chi connectivity index (χ1n) is 7.16. The zero-order chi connectivity index (χ0) is 17.9. The van der Waals surface area contributed by atoms with Crippen LogP contribution in [0.15, 0.2) is 24.3 Å². The third-order valence-corrected chi connectivity index (χ3v) is 3.76. The maximum atomic E-state index is 12.4. The fraction of sp³-hybridized carbons (Fsp3) is 0.467. The number of rotatable bonds is 5. The Morgan fingerprint density at radius 2 is 1.92 bits per heavy atom. The predicted octanol–water partition coefficient (Wildman–Crippen LogP) is 1.23. The molecule has 1 fully saturated rings. The lowest BCUT2D eigenvalue weighted by atomic mass is 10.1. The van der Waals surface area contributed by atoms with Crippen molar-refractivity contribution >= 4 is 11.8 Å². The smallest absolute Gasteiger partial charge is 0.406 e. The molecular weight excluding hydrogens is 329 g/mol. The molecule has 0 bridgehead atoms. The molecule has 1 saturated heterocycles. The molecule has 0 aliphatic carbocycles. The van der Waals surface area contributed by atoms with E-state index in [-0.39, 0.29) is 30.7 Å². The first-order valence-corrected chi connectivity index (χ1v) is 7.16. The van der Waals surface area contributed by atoms with Crippen LogP contribution < -0.4 is 10.5 Å². The summed E-state index contributed by atoms with van der Waals surface area (Å²) in [6.45, 7) is 0.248. The number of nitrogens with two attached hydrogens (primary N) is 1. The van der Waals surface area contributed by atoms with E-state index >= 15 is 0 Å². The second kappa shape index (κ2) is 7.08. The number of carbonyl (C=O) groups excluding carboxylic acids is 2. The zero-order valence-electron chi connectivity index (χ0n) is 12.9. The molecule has 2 rings (SSSR count). The summed E-state index contributed by atoms with van der Waals surface area (Å²) in [5, 5.41) is 0. The lowest BCUT2D eigenvalue weighted by Crippen LogP contribution is -2.44. The molecule has 0 unspecified atom stereocenters. The van der Waals surface area contributed by atoms with Gasteiger partial charge < -0.3 is 20.1 Å². The number of primary amides is 1. The number of amides is 2. The zero-order valence-corrected chi connectivity index (χ0v) is 12.9. The summed E-state index contributed by atoms with van der Waals surface area (Å²) in [4.78, 5) is 25.2. The van der Waals surface area contributed by atoms with E-state index in [1.54, 1.807) is 0 Å². The van der Waals surface area contributed by atoms with Crippen LogP contribution in [0.1, 0.15) is 12.0 Å². The Labute approximate surface area is 136 Å². The Hall–Kier alpha value is -2.29. The first kappa shape index (κ1) is 18.1. The van der Waals surface area contributed by atoms with Gasteiger partial charge in [0.1, 0.15) is 11.8 Å². The van der Waals surface area contributed by atoms with E-state index in [1.807, 2.05) is 0 Å². The van der Waals surface area contributed by atoms with Crippen LogP contribution in [0.2, 0.25) is 0 Å². The number of benzene rings is 1. The number of halogens is 3. The van der Waals surface area contributed by atoms with Crippen molar-refractivity contribution in [3.63, 3.8) is 0 Å². The third-order valence-electron chi connectivity index (χ3n) is 3.76. The van der Waals surface area contributed by atoms with Gasteiger partial charge in [0.2, 0.25) is 11.8 Å². The van der Waals surface area contributed by atoms with E-state index < -0.39 is 18.3 Å². The summed E-state index contributed by atoms with van der Waals surface area (Å²) in [6, 6.07) is 4.24. The van der Waals surface area contributed by atoms with E-state index in [9.17, 15) is 22.8 Å². The number of hydrogen-bond acceptors (Lipinski definition) is 4. The van der Waals surface area contributed by atoms with Crippen LogP contribution in [0.3, 0.4) is 0 Å². The van der Waals surface area contributed by atoms with Crippen molar-refractivity contribution in [1.82, 2.24) is 4.90 Å². The Morgan fingerprint density at radius 1 is 1.29 bits per heavy atom. The molecule has 1 aliphatic rings. The number of nitrogens with zero attached hydrogens (tertiary/aromatic N) is 1. The molecule has 1 aliphatic heterocycles. The van der Waals surface area contributed by atoms with Gasteiger partial charge >= 0.3 is 6.36 Å². The number of carbonyl (C=O) groups is 2. The minimum atomic E-state index is -4.77. The predicted molar refractivity (Wildman–Crippen MR) is 76.9 cm³/mol. The molecule has 6 nitrogen and oxygen atoms in total. The van der Waals surface area contributed by atoms with E-state index in [1.165, 1.54) is 24.1 Å². The van der Waals surface area contributed by atoms with Gasteiger partial charge in [0.15, 0.2) is 0 Å². The average molecular weight is 346 g/mol. The van der Waals surface area contributed by atoms with E-state index in [2.05, 4.69) is 4.74 Å². The van der Waals surface area contributed by atoms with Gasteiger partial charge in [-0.2, -0.15) is 0 Å². The molecule has 9 heteroatoms. The standard InChI is InChI=1S/C15H17F3N2O4/c1-23-11-7-12(14(19)22)20(8-11)13(21)6-9-2-4-10(5-3-9)24-15(16,17)18/h2-5,11-12H,6-8H2,1H3,(H2,19,22)/t11-,12-/m0/s1. The molecule has 0 spiro atoms. The minimum absolute atomic E-state index is 0.0630. The molecule has 132 valence electrons. The Balaban J connectivity index is 2.02. The summed E-state index contributed by atoms with van der Waals surface area (Å²) in [5.41, 5.74) is 5.80. The third kappa shape index (κ3) is 4.60. The summed E-state index contributed by atoms with van der Waals surface area (Å²) >= 11 is 0. The lowest BCUT2D eigenvalue weighted by Gasteiger charge is -2.22. The van der Waals surface area contributed by atoms with Crippen molar-refractivity contribution in [3.8, 4) is 5.75 Å². The van der Waals surface area contributed by atoms with Crippen LogP contribution in [0, 0.1) is 0 Å². The molecule has 2 atom stereocenters. The first-order chi connectivity index (χ1) is 11.2. The second-order valence-electron chi connectivity index (χ2n) is 5.43. The van der Waals surface area contributed by atoms with Gasteiger partial charge in [-0.15, -0.1) is 13.2 Å². The van der Waals surface area contributed by atoms with Gasteiger partial charge in [-0.05, 0) is 17.7 Å². The summed E-state index contributed by atoms with van der Waals surface area (Å²) in [6.07, 6.45) is -4.77. The highest BCUT2D eigenvalue weighted by Gasteiger charge is 2.38. The van der Waals surface area contributed by atoms with Crippen molar-refractivity contribution in [2.24, 2.45) is 5.73 Å². The van der Waals surface area contributed by atoms with Crippen molar-refractivity contribution in [1.29, 1.82) is 0 Å². The minimum Gasteiger partial charge on any atom is -0.406 e. The van der Waals surface area contributed by atoms with Gasteiger partial charge in [0, 0.05) is 20.1 Å². The van der Waals surface area contributed by atoms with Gasteiger partial charge in [-0.1, -0.05) is 12.1 Å². The fourth-order valence-electron chi connectivity index (χ4n) is 2.60. The summed E-state index contributed by atoms with van der Waals surface area (Å²) in [5.74, 6) is -1.33. The lowest BCUT2D eigenvalue weighted by molar-refractivity contribution is -0.274. The number of alkyl halides is 3. The van der Waals surface area contributed by atoms with Crippen LogP contribution in [0.4, 0.5) is 13.2 Å². The van der Waals surface area contributed by atoms with Crippen molar-refractivity contribution < 1.29 is 32.2 Å². The van der Waals surface area contributed by atoms with Crippen LogP contribution in [0.25, 0.3) is 0 Å². The van der Waals surface area contributed by atoms with E-state index in [0.717, 1.165) is 12.1 Å². The van der Waals surface area contributed by atoms with Gasteiger partial charge in [0.05, 0.1) is 12.5 Å². The number of methoxy groups -OCH3 is 1. The maximum absolute atomic E-state index is 12.4. The maximum Gasteiger partial charge on any atom is 0.573 e. The fourth-order valence-corrected chi connectivity index (χ4v) is 2.60. The van der Waals surface area contributed by atoms with Crippen molar-refractivity contribution in [2.45, 2.75) is 31.3 Å². The van der Waals surface area contributed by atoms with Crippen LogP contribution in [-0.4, -0.2) is 48.9 Å². The largest absolute Gasteiger partial charge is 0.573 e. The Kier molecular flexibility index (Phi) is 5.33. The molecule has 1 heterocycles. The van der Waals surface area contributed by atoms with Crippen LogP contribution in [0.5, 0.6) is 5.75 Å². The van der Waals surface area contributed by atoms with E-state index in [4.69, 9.17) is 10.5 Å². The summed E-state index contributed by atoms with van der Waals surface area (Å²) in [7, 11) is 1.48. The molecule has 0 aromatic heterocycles. The number of likely N-dealkylation sites (tertiary alicyclic amines) is 1. The topological polar surface area (TPSA) is 81.9 Å². The molecular formula is C15H17F3N2O4. The Morgan fingerprint density at radius 3 is 2.42 bits per heavy atom. The second-order valence-corrected chi connectivity index (χ2v) is 5.43. The molecule has 24 heavy (non-hydrogen) atoms. The molecule has 2 N–H and O–H groups in total. The van der Waals surface area contributed by atoms with E-state index in [0.29, 0.717) is 12.0 Å². The quantitative estimate of drug-likeness (QED) is 0.869. The van der Waals surface area contributed by atoms with Crippen molar-refractivity contribution in [2.75, 3.05) is 13.7 Å². The van der Waals surface area contributed by atoms with Gasteiger partial charge in [-0.3, -0.25) is 9.59 Å². The number of ether oxygens (including phenoxy) is 2. The average Bonchev–Trinajstić information content (AvgIpc) is 2.92. The highest BCUT2D eigenvalue weighted by Crippen LogP contribution is 2.24. The molecule has 2 amide bonds.